The van der Waals surface area contributed by atoms with Gasteiger partial charge in [-0.3, -0.25) is 13.9 Å². The van der Waals surface area contributed by atoms with Crippen LogP contribution >= 0.6 is 34.8 Å². The number of amides is 2. The number of benzene rings is 4. The van der Waals surface area contributed by atoms with Crippen molar-refractivity contribution in [1.82, 2.24) is 10.2 Å². The highest BCUT2D eigenvalue weighted by atomic mass is 35.5. The number of methoxy groups -OCH3 is 1. The Bertz CT molecular complexity index is 1840. The highest BCUT2D eigenvalue weighted by Gasteiger charge is 2.35. The second kappa shape index (κ2) is 16.6. The number of carbonyl (C=O) groups excluding carboxylic acids is 2. The Morgan fingerprint density at radius 3 is 2.15 bits per heavy atom. The highest BCUT2D eigenvalue weighted by Crippen LogP contribution is 2.33. The third-order valence-electron chi connectivity index (χ3n) is 7.92. The minimum absolute atomic E-state index is 0.0146. The van der Waals surface area contributed by atoms with Gasteiger partial charge in [0.1, 0.15) is 18.3 Å². The van der Waals surface area contributed by atoms with Crippen molar-refractivity contribution in [2.45, 2.75) is 57.1 Å². The predicted molar refractivity (Wildman–Crippen MR) is 193 cm³/mol. The molecule has 4 rings (SSSR count). The molecule has 0 aliphatic carbocycles. The molecular formula is C36H38Cl3N3O5S. The van der Waals surface area contributed by atoms with Crippen LogP contribution in [0.5, 0.6) is 5.75 Å². The number of sulfonamides is 1. The number of hydrogen-bond acceptors (Lipinski definition) is 5. The minimum Gasteiger partial charge on any atom is -0.495 e. The molecule has 4 aromatic carbocycles. The van der Waals surface area contributed by atoms with E-state index in [4.69, 9.17) is 39.5 Å². The SMILES string of the molecule is CC[C@H](C)NC(=O)[C@@H](Cc1ccccc1)N(Cc1ccc(Cl)c(Cl)c1)C(=O)CN(c1ccc(OC)c(Cl)c1)S(=O)(=O)c1ccc(C)cc1. The fourth-order valence-electron chi connectivity index (χ4n) is 5.01. The molecule has 48 heavy (non-hydrogen) atoms. The molecule has 0 aliphatic heterocycles. The van der Waals surface area contributed by atoms with Crippen molar-refractivity contribution in [1.29, 1.82) is 0 Å². The summed E-state index contributed by atoms with van der Waals surface area (Å²) in [5.74, 6) is -0.656. The highest BCUT2D eigenvalue weighted by molar-refractivity contribution is 7.92. The van der Waals surface area contributed by atoms with E-state index >= 15 is 0 Å². The first-order valence-electron chi connectivity index (χ1n) is 15.3. The molecule has 1 N–H and O–H groups in total. The van der Waals surface area contributed by atoms with Crippen molar-refractivity contribution in [2.75, 3.05) is 18.0 Å². The van der Waals surface area contributed by atoms with E-state index in [-0.39, 0.29) is 45.5 Å². The maximum absolute atomic E-state index is 14.6. The van der Waals surface area contributed by atoms with Crippen molar-refractivity contribution in [2.24, 2.45) is 0 Å². The zero-order valence-electron chi connectivity index (χ0n) is 27.1. The summed E-state index contributed by atoms with van der Waals surface area (Å²) in [6, 6.07) is 23.9. The molecule has 0 spiro atoms. The van der Waals surface area contributed by atoms with E-state index in [1.165, 1.54) is 42.3 Å². The molecule has 0 aromatic heterocycles. The Morgan fingerprint density at radius 2 is 1.54 bits per heavy atom. The molecular weight excluding hydrogens is 693 g/mol. The predicted octanol–water partition coefficient (Wildman–Crippen LogP) is 7.71. The van der Waals surface area contributed by atoms with Crippen LogP contribution in [0.3, 0.4) is 0 Å². The number of anilines is 1. The number of nitrogens with zero attached hydrogens (tertiary/aromatic N) is 2. The lowest BCUT2D eigenvalue weighted by Crippen LogP contribution is -2.54. The van der Waals surface area contributed by atoms with Crippen LogP contribution < -0.4 is 14.4 Å². The van der Waals surface area contributed by atoms with E-state index in [2.05, 4.69) is 5.32 Å². The first kappa shape index (κ1) is 37.1. The van der Waals surface area contributed by atoms with E-state index in [9.17, 15) is 18.0 Å². The third kappa shape index (κ3) is 9.23. The number of aryl methyl sites for hydroxylation is 1. The van der Waals surface area contributed by atoms with Gasteiger partial charge in [-0.05, 0) is 73.9 Å². The molecule has 0 fully saturated rings. The van der Waals surface area contributed by atoms with Crippen molar-refractivity contribution in [3.8, 4) is 5.75 Å². The summed E-state index contributed by atoms with van der Waals surface area (Å²) in [6.07, 6.45) is 0.848. The summed E-state index contributed by atoms with van der Waals surface area (Å²) in [5, 5.41) is 3.79. The summed E-state index contributed by atoms with van der Waals surface area (Å²) in [7, 11) is -2.85. The van der Waals surface area contributed by atoms with E-state index in [0.717, 1.165) is 15.4 Å². The normalized spacial score (nSPS) is 12.6. The zero-order chi connectivity index (χ0) is 35.0. The van der Waals surface area contributed by atoms with Gasteiger partial charge in [-0.25, -0.2) is 8.42 Å². The van der Waals surface area contributed by atoms with Gasteiger partial charge in [0.05, 0.1) is 32.8 Å². The van der Waals surface area contributed by atoms with Crippen LogP contribution in [-0.4, -0.2) is 50.9 Å². The van der Waals surface area contributed by atoms with Crippen molar-refractivity contribution >= 4 is 62.3 Å². The summed E-state index contributed by atoms with van der Waals surface area (Å²) in [5.41, 5.74) is 2.44. The van der Waals surface area contributed by atoms with Crippen molar-refractivity contribution in [3.63, 3.8) is 0 Å². The minimum atomic E-state index is -4.30. The van der Waals surface area contributed by atoms with Crippen LogP contribution in [0.1, 0.15) is 37.0 Å². The first-order valence-corrected chi connectivity index (χ1v) is 17.9. The number of ether oxygens (including phenoxy) is 1. The molecule has 8 nitrogen and oxygen atoms in total. The summed E-state index contributed by atoms with van der Waals surface area (Å²) in [6.45, 7) is 4.99. The lowest BCUT2D eigenvalue weighted by Gasteiger charge is -2.34. The van der Waals surface area contributed by atoms with Gasteiger partial charge in [0.2, 0.25) is 11.8 Å². The van der Waals surface area contributed by atoms with Crippen LogP contribution in [0.15, 0.2) is 95.9 Å². The van der Waals surface area contributed by atoms with E-state index < -0.39 is 28.5 Å². The number of halogens is 3. The molecule has 0 bridgehead atoms. The number of rotatable bonds is 14. The smallest absolute Gasteiger partial charge is 0.264 e. The van der Waals surface area contributed by atoms with E-state index in [1.807, 2.05) is 51.1 Å². The quantitative estimate of drug-likeness (QED) is 0.143. The molecule has 12 heteroatoms. The molecule has 2 atom stereocenters. The number of carbonyl (C=O) groups is 2. The van der Waals surface area contributed by atoms with E-state index in [0.29, 0.717) is 22.8 Å². The number of nitrogens with one attached hydrogen (secondary N) is 1. The molecule has 254 valence electrons. The lowest BCUT2D eigenvalue weighted by molar-refractivity contribution is -0.140. The Labute approximate surface area is 297 Å². The van der Waals surface area contributed by atoms with Gasteiger partial charge in [0.25, 0.3) is 10.0 Å². The van der Waals surface area contributed by atoms with Crippen LogP contribution in [0.25, 0.3) is 0 Å². The third-order valence-corrected chi connectivity index (χ3v) is 10.7. The van der Waals surface area contributed by atoms with Crippen LogP contribution in [0.4, 0.5) is 5.69 Å². The molecule has 0 unspecified atom stereocenters. The summed E-state index contributed by atoms with van der Waals surface area (Å²) in [4.78, 5) is 30.0. The maximum Gasteiger partial charge on any atom is 0.264 e. The summed E-state index contributed by atoms with van der Waals surface area (Å²) < 4.78 is 34.8. The molecule has 4 aromatic rings. The molecule has 0 heterocycles. The molecule has 0 saturated carbocycles. The molecule has 2 amide bonds. The average Bonchev–Trinajstić information content (AvgIpc) is 3.07. The molecule has 0 aliphatic rings. The zero-order valence-corrected chi connectivity index (χ0v) is 30.2. The van der Waals surface area contributed by atoms with Gasteiger partial charge < -0.3 is 15.0 Å². The van der Waals surface area contributed by atoms with Crippen LogP contribution in [-0.2, 0) is 32.6 Å². The Balaban J connectivity index is 1.85. The number of hydrogen-bond donors (Lipinski definition) is 1. The standard InChI is InChI=1S/C36H38Cl3N3O5S/c1-5-25(3)40-36(44)33(20-26-9-7-6-8-10-26)41(22-27-13-17-30(37)31(38)19-27)35(43)23-42(28-14-18-34(47-4)32(39)21-28)48(45,46)29-15-11-24(2)12-16-29/h6-19,21,25,33H,5,20,22-23H2,1-4H3,(H,40,44)/t25-,33+/m0/s1. The van der Waals surface area contributed by atoms with Crippen LogP contribution in [0.2, 0.25) is 15.1 Å². The fourth-order valence-corrected chi connectivity index (χ4v) is 6.99. The summed E-state index contributed by atoms with van der Waals surface area (Å²) >= 11 is 19.0. The fraction of sp³-hybridized carbons (Fsp3) is 0.278. The topological polar surface area (TPSA) is 96.0 Å². The molecule has 0 saturated heterocycles. The monoisotopic (exact) mass is 729 g/mol. The van der Waals surface area contributed by atoms with Gasteiger partial charge in [0.15, 0.2) is 0 Å². The Morgan fingerprint density at radius 1 is 0.854 bits per heavy atom. The maximum atomic E-state index is 14.6. The Kier molecular flexibility index (Phi) is 12.8. The van der Waals surface area contributed by atoms with E-state index in [1.54, 1.807) is 30.3 Å². The second-order valence-corrected chi connectivity index (χ2v) is 14.5. The van der Waals surface area contributed by atoms with Gasteiger partial charge in [0, 0.05) is 19.0 Å². The molecule has 0 radical (unpaired) electrons. The van der Waals surface area contributed by atoms with Crippen LogP contribution in [0, 0.1) is 6.92 Å². The van der Waals surface area contributed by atoms with Gasteiger partial charge in [-0.15, -0.1) is 0 Å². The largest absolute Gasteiger partial charge is 0.495 e. The second-order valence-electron chi connectivity index (χ2n) is 11.4. The van der Waals surface area contributed by atoms with Gasteiger partial charge in [-0.2, -0.15) is 0 Å². The lowest BCUT2D eigenvalue weighted by atomic mass is 10.0. The van der Waals surface area contributed by atoms with Gasteiger partial charge >= 0.3 is 0 Å². The first-order chi connectivity index (χ1) is 22.8. The van der Waals surface area contributed by atoms with Crippen molar-refractivity contribution in [3.05, 3.63) is 123 Å². The average molecular weight is 731 g/mol. The van der Waals surface area contributed by atoms with Crippen molar-refractivity contribution < 1.29 is 22.7 Å². The van der Waals surface area contributed by atoms with Gasteiger partial charge in [-0.1, -0.05) is 95.8 Å². The Hall–Kier alpha value is -3.76.